The molecule has 5 aromatic carbocycles. The SMILES string of the molecule is CCNC(=O)[C@@H](Cc1ccccc1)N(Cc1ccc(F)cc1)C(=O)CN(c1ccc(Oc2ccccc2)cc1)S(=O)(=O)c1ccccc1. The standard InChI is InChI=1S/C38H36FN3O5S/c1-2-40-38(44)36(26-29-12-6-3-7-13-29)41(27-30-18-20-31(39)21-19-30)37(43)28-42(48(45,46)35-16-10-5-11-17-35)32-22-24-34(25-23-32)47-33-14-8-4-9-15-33/h3-25,36H,2,26-28H2,1H3,(H,40,44)/t36-/m1/s1. The number of para-hydroxylation sites is 1. The minimum Gasteiger partial charge on any atom is -0.457 e. The van der Waals surface area contributed by atoms with E-state index in [0.717, 1.165) is 9.87 Å². The summed E-state index contributed by atoms with van der Waals surface area (Å²) < 4.78 is 49.1. The van der Waals surface area contributed by atoms with Crippen LogP contribution >= 0.6 is 0 Å². The fraction of sp³-hybridized carbons (Fsp3) is 0.158. The Labute approximate surface area is 280 Å². The number of hydrogen-bond donors (Lipinski definition) is 1. The van der Waals surface area contributed by atoms with Crippen molar-refractivity contribution in [2.75, 3.05) is 17.4 Å². The number of benzene rings is 5. The highest BCUT2D eigenvalue weighted by Crippen LogP contribution is 2.29. The number of carbonyl (C=O) groups is 2. The van der Waals surface area contributed by atoms with Crippen molar-refractivity contribution in [3.05, 3.63) is 156 Å². The van der Waals surface area contributed by atoms with E-state index in [2.05, 4.69) is 5.32 Å². The molecule has 0 saturated heterocycles. The van der Waals surface area contributed by atoms with Crippen molar-refractivity contribution in [3.8, 4) is 11.5 Å². The third kappa shape index (κ3) is 8.65. The van der Waals surface area contributed by atoms with Gasteiger partial charge < -0.3 is 15.0 Å². The molecule has 0 aliphatic carbocycles. The summed E-state index contributed by atoms with van der Waals surface area (Å²) in [7, 11) is -4.25. The smallest absolute Gasteiger partial charge is 0.264 e. The van der Waals surface area contributed by atoms with E-state index in [0.29, 0.717) is 23.6 Å². The average Bonchev–Trinajstić information content (AvgIpc) is 3.11. The van der Waals surface area contributed by atoms with Gasteiger partial charge in [0.2, 0.25) is 11.8 Å². The van der Waals surface area contributed by atoms with E-state index in [4.69, 9.17) is 4.74 Å². The minimum atomic E-state index is -4.25. The Bertz CT molecular complexity index is 1890. The van der Waals surface area contributed by atoms with Crippen LogP contribution in [0, 0.1) is 5.82 Å². The fourth-order valence-corrected chi connectivity index (χ4v) is 6.62. The van der Waals surface area contributed by atoms with Crippen LogP contribution in [0.4, 0.5) is 10.1 Å². The predicted molar refractivity (Wildman–Crippen MR) is 183 cm³/mol. The summed E-state index contributed by atoms with van der Waals surface area (Å²) >= 11 is 0. The van der Waals surface area contributed by atoms with Gasteiger partial charge in [0, 0.05) is 19.5 Å². The molecule has 246 valence electrons. The van der Waals surface area contributed by atoms with Crippen molar-refractivity contribution in [3.63, 3.8) is 0 Å². The Kier molecular flexibility index (Phi) is 11.2. The first-order valence-electron chi connectivity index (χ1n) is 15.5. The second-order valence-corrected chi connectivity index (χ2v) is 12.8. The maximum Gasteiger partial charge on any atom is 0.264 e. The predicted octanol–water partition coefficient (Wildman–Crippen LogP) is 6.59. The lowest BCUT2D eigenvalue weighted by Gasteiger charge is -2.33. The van der Waals surface area contributed by atoms with Crippen molar-refractivity contribution in [2.24, 2.45) is 0 Å². The summed E-state index contributed by atoms with van der Waals surface area (Å²) in [6, 6.07) is 37.3. The number of amides is 2. The molecule has 0 radical (unpaired) electrons. The molecule has 0 unspecified atom stereocenters. The molecule has 48 heavy (non-hydrogen) atoms. The van der Waals surface area contributed by atoms with Crippen molar-refractivity contribution in [1.82, 2.24) is 10.2 Å². The molecule has 1 atom stereocenters. The largest absolute Gasteiger partial charge is 0.457 e. The van der Waals surface area contributed by atoms with Gasteiger partial charge in [-0.1, -0.05) is 78.9 Å². The van der Waals surface area contributed by atoms with Gasteiger partial charge in [-0.05, 0) is 78.7 Å². The zero-order chi connectivity index (χ0) is 33.9. The van der Waals surface area contributed by atoms with E-state index in [9.17, 15) is 22.4 Å². The van der Waals surface area contributed by atoms with Crippen molar-refractivity contribution in [1.29, 1.82) is 0 Å². The van der Waals surface area contributed by atoms with Crippen LogP contribution in [0.15, 0.2) is 144 Å². The normalized spacial score (nSPS) is 11.7. The number of nitrogens with one attached hydrogen (secondary N) is 1. The van der Waals surface area contributed by atoms with Crippen molar-refractivity contribution in [2.45, 2.75) is 30.8 Å². The molecule has 0 aromatic heterocycles. The number of sulfonamides is 1. The van der Waals surface area contributed by atoms with Crippen LogP contribution in [0.1, 0.15) is 18.1 Å². The Morgan fingerprint density at radius 3 is 1.90 bits per heavy atom. The second-order valence-electron chi connectivity index (χ2n) is 11.0. The highest BCUT2D eigenvalue weighted by atomic mass is 32.2. The first kappa shape index (κ1) is 33.9. The summed E-state index contributed by atoms with van der Waals surface area (Å²) in [5.41, 5.74) is 1.62. The first-order chi connectivity index (χ1) is 23.2. The number of anilines is 1. The monoisotopic (exact) mass is 665 g/mol. The molecule has 1 N–H and O–H groups in total. The number of halogens is 1. The second kappa shape index (κ2) is 15.9. The lowest BCUT2D eigenvalue weighted by molar-refractivity contribution is -0.140. The highest BCUT2D eigenvalue weighted by molar-refractivity contribution is 7.92. The maximum atomic E-state index is 14.5. The van der Waals surface area contributed by atoms with Gasteiger partial charge in [0.05, 0.1) is 10.6 Å². The summed E-state index contributed by atoms with van der Waals surface area (Å²) in [5.74, 6) is -0.362. The van der Waals surface area contributed by atoms with Gasteiger partial charge in [0.1, 0.15) is 29.9 Å². The summed E-state index contributed by atoms with van der Waals surface area (Å²) in [4.78, 5) is 29.4. The molecule has 10 heteroatoms. The van der Waals surface area contributed by atoms with Crippen LogP contribution in [0.3, 0.4) is 0 Å². The zero-order valence-corrected chi connectivity index (χ0v) is 27.2. The lowest BCUT2D eigenvalue weighted by Crippen LogP contribution is -2.53. The van der Waals surface area contributed by atoms with Crippen LogP contribution in [0.25, 0.3) is 0 Å². The maximum absolute atomic E-state index is 14.5. The first-order valence-corrected chi connectivity index (χ1v) is 16.9. The molecule has 5 aromatic rings. The molecule has 2 amide bonds. The highest BCUT2D eigenvalue weighted by Gasteiger charge is 2.34. The molecule has 8 nitrogen and oxygen atoms in total. The van der Waals surface area contributed by atoms with E-state index < -0.39 is 40.2 Å². The molecular weight excluding hydrogens is 629 g/mol. The van der Waals surface area contributed by atoms with Gasteiger partial charge in [-0.2, -0.15) is 0 Å². The zero-order valence-electron chi connectivity index (χ0n) is 26.4. The molecule has 0 fully saturated rings. The average molecular weight is 666 g/mol. The molecule has 0 saturated carbocycles. The summed E-state index contributed by atoms with van der Waals surface area (Å²) in [5, 5.41) is 2.82. The quantitative estimate of drug-likeness (QED) is 0.144. The van der Waals surface area contributed by atoms with E-state index >= 15 is 0 Å². The lowest BCUT2D eigenvalue weighted by atomic mass is 10.0. The number of carbonyl (C=O) groups excluding carboxylic acids is 2. The van der Waals surface area contributed by atoms with Crippen LogP contribution in [0.5, 0.6) is 11.5 Å². The van der Waals surface area contributed by atoms with Gasteiger partial charge in [0.25, 0.3) is 10.0 Å². The number of hydrogen-bond acceptors (Lipinski definition) is 5. The number of ether oxygens (including phenoxy) is 1. The molecule has 0 bridgehead atoms. The van der Waals surface area contributed by atoms with Gasteiger partial charge in [0.15, 0.2) is 0 Å². The van der Waals surface area contributed by atoms with Crippen LogP contribution in [0.2, 0.25) is 0 Å². The molecule has 0 spiro atoms. The molecule has 0 aliphatic rings. The third-order valence-electron chi connectivity index (χ3n) is 7.60. The van der Waals surface area contributed by atoms with Crippen LogP contribution < -0.4 is 14.4 Å². The molecule has 0 aliphatic heterocycles. The number of likely N-dealkylation sites (N-methyl/N-ethyl adjacent to an activating group) is 1. The minimum absolute atomic E-state index is 0.00272. The van der Waals surface area contributed by atoms with E-state index in [1.807, 2.05) is 48.5 Å². The Morgan fingerprint density at radius 2 is 1.29 bits per heavy atom. The topological polar surface area (TPSA) is 96.0 Å². The molecule has 5 rings (SSSR count). The fourth-order valence-electron chi connectivity index (χ4n) is 5.19. The molecular formula is C38H36FN3O5S. The van der Waals surface area contributed by atoms with Gasteiger partial charge in [-0.3, -0.25) is 13.9 Å². The Balaban J connectivity index is 1.53. The van der Waals surface area contributed by atoms with Crippen molar-refractivity contribution >= 4 is 27.5 Å². The number of nitrogens with zero attached hydrogens (tertiary/aromatic N) is 2. The van der Waals surface area contributed by atoms with Gasteiger partial charge in [-0.25, -0.2) is 12.8 Å². The van der Waals surface area contributed by atoms with Crippen LogP contribution in [-0.2, 0) is 32.6 Å². The Hall–Kier alpha value is -5.48. The van der Waals surface area contributed by atoms with E-state index in [1.54, 1.807) is 61.5 Å². The van der Waals surface area contributed by atoms with Crippen molar-refractivity contribution < 1.29 is 27.1 Å². The molecule has 0 heterocycles. The van der Waals surface area contributed by atoms with E-state index in [-0.39, 0.29) is 23.5 Å². The Morgan fingerprint density at radius 1 is 0.729 bits per heavy atom. The summed E-state index contributed by atoms with van der Waals surface area (Å²) in [6.07, 6.45) is 0.177. The van der Waals surface area contributed by atoms with Gasteiger partial charge in [-0.15, -0.1) is 0 Å². The number of rotatable bonds is 14. The van der Waals surface area contributed by atoms with Crippen LogP contribution in [-0.4, -0.2) is 44.3 Å². The third-order valence-corrected chi connectivity index (χ3v) is 9.39. The summed E-state index contributed by atoms with van der Waals surface area (Å²) in [6.45, 7) is 1.44. The van der Waals surface area contributed by atoms with Gasteiger partial charge >= 0.3 is 0 Å². The van der Waals surface area contributed by atoms with E-state index in [1.165, 1.54) is 41.3 Å².